The Morgan fingerprint density at radius 3 is 2.63 bits per heavy atom. The molecule has 1 aromatic rings. The molecule has 0 bridgehead atoms. The quantitative estimate of drug-likeness (QED) is 0.523. The van der Waals surface area contributed by atoms with E-state index in [-0.39, 0.29) is 11.3 Å². The van der Waals surface area contributed by atoms with Crippen LogP contribution in [0.2, 0.25) is 0 Å². The first-order valence-corrected chi connectivity index (χ1v) is 10.8. The summed E-state index contributed by atoms with van der Waals surface area (Å²) in [6, 6.07) is 6.23. The molecule has 4 nitrogen and oxygen atoms in total. The molecule has 0 radical (unpaired) electrons. The highest BCUT2D eigenvalue weighted by Gasteiger charge is 2.17. The number of halogens is 1. The molecule has 0 spiro atoms. The summed E-state index contributed by atoms with van der Waals surface area (Å²) >= 11 is 3.59. The van der Waals surface area contributed by atoms with Crippen molar-refractivity contribution in [3.05, 3.63) is 28.2 Å². The number of ether oxygens (including phenoxy) is 2. The number of hydrogen-bond acceptors (Lipinski definition) is 3. The van der Waals surface area contributed by atoms with Gasteiger partial charge in [-0.05, 0) is 70.6 Å². The highest BCUT2D eigenvalue weighted by atomic mass is 79.9. The van der Waals surface area contributed by atoms with Gasteiger partial charge in [-0.1, -0.05) is 26.8 Å². The third-order valence-electron chi connectivity index (χ3n) is 5.23. The lowest BCUT2D eigenvalue weighted by molar-refractivity contribution is -0.130. The van der Waals surface area contributed by atoms with Gasteiger partial charge in [0.15, 0.2) is 0 Å². The molecular weight excluding hydrogens is 406 g/mol. The number of carbonyl (C=O) groups excluding carboxylic acids is 1. The average Bonchev–Trinajstić information content (AvgIpc) is 2.64. The van der Waals surface area contributed by atoms with Gasteiger partial charge in [0.2, 0.25) is 5.91 Å². The van der Waals surface area contributed by atoms with Crippen LogP contribution in [0.25, 0.3) is 0 Å². The summed E-state index contributed by atoms with van der Waals surface area (Å²) < 4.78 is 12.2. The molecule has 152 valence electrons. The van der Waals surface area contributed by atoms with E-state index in [1.54, 1.807) is 0 Å². The zero-order valence-electron chi connectivity index (χ0n) is 17.2. The molecule has 1 aliphatic heterocycles. The van der Waals surface area contributed by atoms with Crippen LogP contribution in [0.1, 0.15) is 58.4 Å². The first-order valence-electron chi connectivity index (χ1n) is 10.0. The second-order valence-corrected chi connectivity index (χ2v) is 9.36. The molecule has 0 atom stereocenters. The van der Waals surface area contributed by atoms with E-state index in [1.165, 1.54) is 5.56 Å². The molecule has 0 unspecified atom stereocenters. The molecule has 1 heterocycles. The van der Waals surface area contributed by atoms with Crippen LogP contribution in [-0.2, 0) is 14.9 Å². The van der Waals surface area contributed by atoms with Crippen molar-refractivity contribution in [2.45, 2.75) is 58.3 Å². The summed E-state index contributed by atoms with van der Waals surface area (Å²) in [5.41, 5.74) is 1.38. The van der Waals surface area contributed by atoms with E-state index in [0.29, 0.717) is 18.9 Å². The molecule has 0 aliphatic carbocycles. The van der Waals surface area contributed by atoms with Crippen molar-refractivity contribution in [2.75, 3.05) is 33.4 Å². The second kappa shape index (κ2) is 10.5. The second-order valence-electron chi connectivity index (χ2n) is 8.51. The van der Waals surface area contributed by atoms with Gasteiger partial charge in [0.05, 0.1) is 11.1 Å². The summed E-state index contributed by atoms with van der Waals surface area (Å²) in [4.78, 5) is 14.2. The van der Waals surface area contributed by atoms with Gasteiger partial charge >= 0.3 is 0 Å². The van der Waals surface area contributed by atoms with E-state index in [9.17, 15) is 4.79 Å². The Labute approximate surface area is 172 Å². The molecule has 1 amide bonds. The largest absolute Gasteiger partial charge is 0.492 e. The summed E-state index contributed by atoms with van der Waals surface area (Å²) in [6.07, 6.45) is 4.59. The monoisotopic (exact) mass is 439 g/mol. The molecule has 1 aromatic carbocycles. The lowest BCUT2D eigenvalue weighted by Crippen LogP contribution is -2.30. The highest BCUT2D eigenvalue weighted by Crippen LogP contribution is 2.31. The third kappa shape index (κ3) is 7.46. The summed E-state index contributed by atoms with van der Waals surface area (Å²) in [5, 5.41) is 0. The van der Waals surface area contributed by atoms with E-state index in [4.69, 9.17) is 9.47 Å². The van der Waals surface area contributed by atoms with E-state index in [2.05, 4.69) is 48.8 Å². The molecule has 2 rings (SSSR count). The predicted molar refractivity (Wildman–Crippen MR) is 113 cm³/mol. The average molecular weight is 440 g/mol. The van der Waals surface area contributed by atoms with E-state index >= 15 is 0 Å². The lowest BCUT2D eigenvalue weighted by atomic mass is 9.87. The van der Waals surface area contributed by atoms with E-state index in [0.717, 1.165) is 55.7 Å². The zero-order valence-corrected chi connectivity index (χ0v) is 18.8. The summed E-state index contributed by atoms with van der Waals surface area (Å²) in [5.74, 6) is 1.74. The first kappa shape index (κ1) is 22.2. The Bertz CT molecular complexity index is 606. The number of rotatable bonds is 8. The van der Waals surface area contributed by atoms with Gasteiger partial charge in [0.1, 0.15) is 5.75 Å². The molecule has 1 fully saturated rings. The molecule has 0 N–H and O–H groups in total. The van der Waals surface area contributed by atoms with Crippen LogP contribution in [0.5, 0.6) is 5.75 Å². The topological polar surface area (TPSA) is 38.8 Å². The van der Waals surface area contributed by atoms with Crippen LogP contribution in [0.3, 0.4) is 0 Å². The van der Waals surface area contributed by atoms with Crippen LogP contribution >= 0.6 is 15.9 Å². The van der Waals surface area contributed by atoms with Crippen LogP contribution in [0.4, 0.5) is 0 Å². The van der Waals surface area contributed by atoms with Crippen LogP contribution < -0.4 is 4.74 Å². The van der Waals surface area contributed by atoms with Crippen LogP contribution in [0, 0.1) is 5.92 Å². The maximum atomic E-state index is 12.3. The van der Waals surface area contributed by atoms with Crippen molar-refractivity contribution in [3.63, 3.8) is 0 Å². The first-order chi connectivity index (χ1) is 12.8. The zero-order chi connectivity index (χ0) is 19.9. The Balaban J connectivity index is 1.67. The lowest BCUT2D eigenvalue weighted by Gasteiger charge is -2.25. The van der Waals surface area contributed by atoms with Gasteiger partial charge in [0.25, 0.3) is 0 Å². The van der Waals surface area contributed by atoms with Crippen molar-refractivity contribution in [3.8, 4) is 5.75 Å². The predicted octanol–water partition coefficient (Wildman–Crippen LogP) is 5.18. The van der Waals surface area contributed by atoms with Crippen molar-refractivity contribution in [2.24, 2.45) is 5.92 Å². The SMILES string of the molecule is CN(CCC1CCOCC1)C(=O)CCCOc1ccc(C(C)(C)C)cc1Br. The Morgan fingerprint density at radius 1 is 1.30 bits per heavy atom. The molecule has 5 heteroatoms. The van der Waals surface area contributed by atoms with Gasteiger partial charge in [0, 0.05) is 33.2 Å². The third-order valence-corrected chi connectivity index (χ3v) is 5.85. The van der Waals surface area contributed by atoms with E-state index < -0.39 is 0 Å². The number of hydrogen-bond donors (Lipinski definition) is 0. The molecule has 27 heavy (non-hydrogen) atoms. The Kier molecular flexibility index (Phi) is 8.62. The molecule has 1 aliphatic rings. The minimum Gasteiger partial charge on any atom is -0.492 e. The van der Waals surface area contributed by atoms with Gasteiger partial charge < -0.3 is 14.4 Å². The molecule has 1 saturated heterocycles. The van der Waals surface area contributed by atoms with Crippen molar-refractivity contribution in [1.82, 2.24) is 4.90 Å². The fraction of sp³-hybridized carbons (Fsp3) is 0.682. The van der Waals surface area contributed by atoms with Crippen molar-refractivity contribution < 1.29 is 14.3 Å². The van der Waals surface area contributed by atoms with Gasteiger partial charge in [-0.25, -0.2) is 0 Å². The maximum Gasteiger partial charge on any atom is 0.222 e. The summed E-state index contributed by atoms with van der Waals surface area (Å²) in [6.45, 7) is 9.70. The molecule has 0 saturated carbocycles. The fourth-order valence-electron chi connectivity index (χ4n) is 3.22. The number of nitrogens with zero attached hydrogens (tertiary/aromatic N) is 1. The number of benzene rings is 1. The Hall–Kier alpha value is -1.07. The molecule has 0 aromatic heterocycles. The summed E-state index contributed by atoms with van der Waals surface area (Å²) in [7, 11) is 1.91. The van der Waals surface area contributed by atoms with E-state index in [1.807, 2.05) is 18.0 Å². The van der Waals surface area contributed by atoms with Gasteiger partial charge in [-0.2, -0.15) is 0 Å². The highest BCUT2D eigenvalue weighted by molar-refractivity contribution is 9.10. The van der Waals surface area contributed by atoms with Crippen molar-refractivity contribution in [1.29, 1.82) is 0 Å². The Morgan fingerprint density at radius 2 is 2.00 bits per heavy atom. The molecular formula is C22H34BrNO3. The van der Waals surface area contributed by atoms with Crippen LogP contribution in [-0.4, -0.2) is 44.2 Å². The number of carbonyl (C=O) groups is 1. The van der Waals surface area contributed by atoms with Crippen molar-refractivity contribution >= 4 is 21.8 Å². The maximum absolute atomic E-state index is 12.3. The fourth-order valence-corrected chi connectivity index (χ4v) is 3.71. The van der Waals surface area contributed by atoms with Gasteiger partial charge in [-0.3, -0.25) is 4.79 Å². The standard InChI is InChI=1S/C22H34BrNO3/c1-22(2,3)18-7-8-20(19(23)16-18)27-13-5-6-21(25)24(4)12-9-17-10-14-26-15-11-17/h7-8,16-17H,5-6,9-15H2,1-4H3. The van der Waals surface area contributed by atoms with Gasteiger partial charge in [-0.15, -0.1) is 0 Å². The number of amides is 1. The minimum absolute atomic E-state index is 0.114. The smallest absolute Gasteiger partial charge is 0.222 e. The van der Waals surface area contributed by atoms with Crippen LogP contribution in [0.15, 0.2) is 22.7 Å². The normalized spacial score (nSPS) is 15.6. The minimum atomic E-state index is 0.114.